The van der Waals surface area contributed by atoms with Gasteiger partial charge >= 0.3 is 17.9 Å². The van der Waals surface area contributed by atoms with Gasteiger partial charge in [0.2, 0.25) is 0 Å². The third kappa shape index (κ3) is 2.99. The molecule has 8 nitrogen and oxygen atoms in total. The van der Waals surface area contributed by atoms with E-state index in [0.717, 1.165) is 14.7 Å². The van der Waals surface area contributed by atoms with Gasteiger partial charge in [0, 0.05) is 18.0 Å². The molecule has 1 aromatic heterocycles. The van der Waals surface area contributed by atoms with Crippen LogP contribution in [-0.2, 0) is 20.9 Å². The molecule has 2 aliphatic rings. The van der Waals surface area contributed by atoms with Crippen molar-refractivity contribution in [2.75, 3.05) is 13.1 Å². The average molecular weight is 365 g/mol. The van der Waals surface area contributed by atoms with E-state index < -0.39 is 29.9 Å². The number of imide groups is 1. The molecule has 9 heteroatoms. The van der Waals surface area contributed by atoms with Gasteiger partial charge in [0.1, 0.15) is 6.04 Å². The minimum atomic E-state index is -1.59. The van der Waals surface area contributed by atoms with Crippen LogP contribution in [0.25, 0.3) is 0 Å². The van der Waals surface area contributed by atoms with Crippen molar-refractivity contribution in [3.8, 4) is 0 Å². The number of amides is 4. The quantitative estimate of drug-likeness (QED) is 0.802. The van der Waals surface area contributed by atoms with E-state index in [0.29, 0.717) is 19.4 Å². The molecule has 3 heterocycles. The Kier molecular flexibility index (Phi) is 4.76. The Morgan fingerprint density at radius 2 is 2.12 bits per heavy atom. The fourth-order valence-electron chi connectivity index (χ4n) is 3.49. The van der Waals surface area contributed by atoms with Crippen LogP contribution in [0.5, 0.6) is 0 Å². The molecule has 2 atom stereocenters. The summed E-state index contributed by atoms with van der Waals surface area (Å²) in [5, 5.41) is 10.9. The SMILES string of the molecule is CCCN1C(=O)[C@H]2[C@@H](CCN2C(=O)C(=O)O)N(Cc2cccs2)C1=O. The molecule has 0 spiro atoms. The zero-order chi connectivity index (χ0) is 18.1. The highest BCUT2D eigenvalue weighted by Gasteiger charge is 2.53. The molecule has 2 fully saturated rings. The standard InChI is InChI=1S/C16H19N3O5S/c1-2-6-18-13(20)12-11(5-7-17(12)14(21)15(22)23)19(16(18)24)9-10-4-3-8-25-10/h3-4,8,11-12H,2,5-7,9H2,1H3,(H,22,23)/t11-,12-/m1/s1. The van der Waals surface area contributed by atoms with Crippen LogP contribution < -0.4 is 0 Å². The first-order valence-electron chi connectivity index (χ1n) is 8.14. The molecule has 0 bridgehead atoms. The van der Waals surface area contributed by atoms with E-state index in [4.69, 9.17) is 5.11 Å². The number of aliphatic carboxylic acids is 1. The van der Waals surface area contributed by atoms with Gasteiger partial charge in [-0.25, -0.2) is 9.59 Å². The van der Waals surface area contributed by atoms with Crippen molar-refractivity contribution in [2.45, 2.75) is 38.4 Å². The second-order valence-electron chi connectivity index (χ2n) is 6.08. The fourth-order valence-corrected chi connectivity index (χ4v) is 4.19. The van der Waals surface area contributed by atoms with Crippen molar-refractivity contribution < 1.29 is 24.3 Å². The maximum Gasteiger partial charge on any atom is 0.394 e. The summed E-state index contributed by atoms with van der Waals surface area (Å²) in [7, 11) is 0. The van der Waals surface area contributed by atoms with Crippen LogP contribution in [0.15, 0.2) is 17.5 Å². The van der Waals surface area contributed by atoms with Gasteiger partial charge in [0.05, 0.1) is 12.6 Å². The summed E-state index contributed by atoms with van der Waals surface area (Å²) in [6.45, 7) is 2.60. The third-order valence-electron chi connectivity index (χ3n) is 4.56. The monoisotopic (exact) mass is 365 g/mol. The number of hydrogen-bond acceptors (Lipinski definition) is 5. The predicted molar refractivity (Wildman–Crippen MR) is 88.8 cm³/mol. The van der Waals surface area contributed by atoms with Gasteiger partial charge in [0.15, 0.2) is 0 Å². The Balaban J connectivity index is 1.93. The maximum absolute atomic E-state index is 12.8. The van der Waals surface area contributed by atoms with Crippen molar-refractivity contribution in [3.63, 3.8) is 0 Å². The molecule has 2 aliphatic heterocycles. The number of carbonyl (C=O) groups is 4. The molecular weight excluding hydrogens is 346 g/mol. The lowest BCUT2D eigenvalue weighted by Crippen LogP contribution is -2.66. The highest BCUT2D eigenvalue weighted by atomic mass is 32.1. The Hall–Kier alpha value is -2.42. The van der Waals surface area contributed by atoms with Gasteiger partial charge in [0.25, 0.3) is 5.91 Å². The van der Waals surface area contributed by atoms with Gasteiger partial charge in [-0.2, -0.15) is 0 Å². The second-order valence-corrected chi connectivity index (χ2v) is 7.12. The van der Waals surface area contributed by atoms with Gasteiger partial charge < -0.3 is 14.9 Å². The molecule has 0 aliphatic carbocycles. The van der Waals surface area contributed by atoms with Crippen LogP contribution in [0.1, 0.15) is 24.6 Å². The Morgan fingerprint density at radius 3 is 2.72 bits per heavy atom. The fraction of sp³-hybridized carbons (Fsp3) is 0.500. The van der Waals surface area contributed by atoms with Crippen molar-refractivity contribution in [3.05, 3.63) is 22.4 Å². The van der Waals surface area contributed by atoms with E-state index in [-0.39, 0.29) is 19.1 Å². The molecule has 0 saturated carbocycles. The minimum Gasteiger partial charge on any atom is -0.474 e. The molecule has 0 radical (unpaired) electrons. The van der Waals surface area contributed by atoms with Crippen molar-refractivity contribution in [2.24, 2.45) is 0 Å². The van der Waals surface area contributed by atoms with Crippen LogP contribution in [0.2, 0.25) is 0 Å². The number of hydrogen-bond donors (Lipinski definition) is 1. The van der Waals surface area contributed by atoms with Crippen LogP contribution in [-0.4, -0.2) is 68.8 Å². The molecule has 2 saturated heterocycles. The van der Waals surface area contributed by atoms with Crippen molar-refractivity contribution in [1.29, 1.82) is 0 Å². The molecule has 1 N–H and O–H groups in total. The van der Waals surface area contributed by atoms with Crippen LogP contribution in [0.3, 0.4) is 0 Å². The van der Waals surface area contributed by atoms with Gasteiger partial charge in [-0.05, 0) is 24.3 Å². The van der Waals surface area contributed by atoms with Gasteiger partial charge in [-0.1, -0.05) is 13.0 Å². The molecule has 3 rings (SSSR count). The lowest BCUT2D eigenvalue weighted by atomic mass is 10.0. The zero-order valence-corrected chi connectivity index (χ0v) is 14.6. The lowest BCUT2D eigenvalue weighted by Gasteiger charge is -2.43. The topological polar surface area (TPSA) is 98.2 Å². The highest BCUT2D eigenvalue weighted by Crippen LogP contribution is 2.32. The van der Waals surface area contributed by atoms with Crippen LogP contribution in [0, 0.1) is 0 Å². The summed E-state index contributed by atoms with van der Waals surface area (Å²) < 4.78 is 0. The number of carboxylic acids is 1. The molecule has 1 aromatic rings. The summed E-state index contributed by atoms with van der Waals surface area (Å²) in [4.78, 5) is 53.5. The summed E-state index contributed by atoms with van der Waals surface area (Å²) in [6, 6.07) is 2.01. The molecule has 134 valence electrons. The number of urea groups is 1. The van der Waals surface area contributed by atoms with Gasteiger partial charge in [-0.15, -0.1) is 11.3 Å². The van der Waals surface area contributed by atoms with E-state index >= 15 is 0 Å². The summed E-state index contributed by atoms with van der Waals surface area (Å²) in [6.07, 6.45) is 0.987. The van der Waals surface area contributed by atoms with Gasteiger partial charge in [-0.3, -0.25) is 14.5 Å². The average Bonchev–Trinajstić information content (AvgIpc) is 3.24. The number of likely N-dealkylation sites (tertiary alicyclic amines) is 1. The number of rotatable bonds is 4. The number of carbonyl (C=O) groups excluding carboxylic acids is 3. The van der Waals surface area contributed by atoms with E-state index in [1.54, 1.807) is 4.90 Å². The molecule has 25 heavy (non-hydrogen) atoms. The lowest BCUT2D eigenvalue weighted by molar-refractivity contribution is -0.159. The number of fused-ring (bicyclic) bond motifs is 1. The molecule has 0 unspecified atom stereocenters. The second kappa shape index (κ2) is 6.83. The van der Waals surface area contributed by atoms with E-state index in [2.05, 4.69) is 0 Å². The Labute approximate surface area is 148 Å². The molecule has 4 amide bonds. The third-order valence-corrected chi connectivity index (χ3v) is 5.42. The Morgan fingerprint density at radius 1 is 1.36 bits per heavy atom. The first-order valence-corrected chi connectivity index (χ1v) is 9.02. The number of nitrogens with zero attached hydrogens (tertiary/aromatic N) is 3. The first-order chi connectivity index (χ1) is 12.0. The Bertz CT molecular complexity index is 705. The van der Waals surface area contributed by atoms with Crippen LogP contribution in [0.4, 0.5) is 4.79 Å². The summed E-state index contributed by atoms with van der Waals surface area (Å²) in [5.41, 5.74) is 0. The smallest absolute Gasteiger partial charge is 0.394 e. The van der Waals surface area contributed by atoms with E-state index in [1.807, 2.05) is 24.4 Å². The maximum atomic E-state index is 12.8. The first kappa shape index (κ1) is 17.4. The highest BCUT2D eigenvalue weighted by molar-refractivity contribution is 7.09. The largest absolute Gasteiger partial charge is 0.474 e. The summed E-state index contributed by atoms with van der Waals surface area (Å²) >= 11 is 1.51. The number of thiophene rings is 1. The summed E-state index contributed by atoms with van der Waals surface area (Å²) in [5.74, 6) is -3.16. The van der Waals surface area contributed by atoms with E-state index in [9.17, 15) is 19.2 Å². The van der Waals surface area contributed by atoms with E-state index in [1.165, 1.54) is 11.3 Å². The number of carboxylic acid groups (broad SMARTS) is 1. The molecule has 0 aromatic carbocycles. The normalized spacial score (nSPS) is 23.2. The van der Waals surface area contributed by atoms with Crippen LogP contribution >= 0.6 is 11.3 Å². The minimum absolute atomic E-state index is 0.153. The van der Waals surface area contributed by atoms with Crippen molar-refractivity contribution in [1.82, 2.24) is 14.7 Å². The molecular formula is C16H19N3O5S. The predicted octanol–water partition coefficient (Wildman–Crippen LogP) is 0.976. The van der Waals surface area contributed by atoms with Crippen molar-refractivity contribution >= 4 is 35.2 Å². The zero-order valence-electron chi connectivity index (χ0n) is 13.8.